The minimum absolute atomic E-state index is 0.0704. The molecule has 1 N–H and O–H groups in total. The smallest absolute Gasteiger partial charge is 0.259 e. The summed E-state index contributed by atoms with van der Waals surface area (Å²) in [5.41, 5.74) is 2.99. The Morgan fingerprint density at radius 2 is 1.69 bits per heavy atom. The second-order valence-corrected chi connectivity index (χ2v) is 11.3. The first kappa shape index (κ1) is 27.2. The van der Waals surface area contributed by atoms with Crippen molar-refractivity contribution in [3.05, 3.63) is 77.4 Å². The molecule has 2 aromatic carbocycles. The van der Waals surface area contributed by atoms with E-state index < -0.39 is 6.10 Å². The molecule has 2 fully saturated rings. The van der Waals surface area contributed by atoms with Crippen molar-refractivity contribution >= 4 is 34.4 Å². The van der Waals surface area contributed by atoms with Crippen molar-refractivity contribution in [3.63, 3.8) is 0 Å². The molecule has 7 nitrogen and oxygen atoms in total. The molecule has 0 radical (unpaired) electrons. The highest BCUT2D eigenvalue weighted by atomic mass is 32.1. The van der Waals surface area contributed by atoms with Crippen molar-refractivity contribution in [1.82, 2.24) is 4.90 Å². The Kier molecular flexibility index (Phi) is 8.55. The molecule has 2 aliphatic rings. The van der Waals surface area contributed by atoms with Crippen LogP contribution in [0.25, 0.3) is 10.4 Å². The molecule has 39 heavy (non-hydrogen) atoms. The van der Waals surface area contributed by atoms with E-state index in [1.807, 2.05) is 72.5 Å². The summed E-state index contributed by atoms with van der Waals surface area (Å²) in [6.45, 7) is 4.37. The maximum Gasteiger partial charge on any atom is 0.259 e. The Hall–Kier alpha value is -3.33. The van der Waals surface area contributed by atoms with Gasteiger partial charge in [0.05, 0.1) is 13.2 Å². The number of anilines is 1. The van der Waals surface area contributed by atoms with E-state index in [9.17, 15) is 19.5 Å². The van der Waals surface area contributed by atoms with Crippen LogP contribution in [-0.2, 0) is 14.3 Å². The number of carbonyl (C=O) groups excluding carboxylic acids is 3. The zero-order valence-corrected chi connectivity index (χ0v) is 22.9. The second kappa shape index (κ2) is 12.2. The minimum Gasteiger partial charge on any atom is -0.381 e. The van der Waals surface area contributed by atoms with Crippen LogP contribution in [0.3, 0.4) is 0 Å². The quantitative estimate of drug-likeness (QED) is 0.421. The highest BCUT2D eigenvalue weighted by Gasteiger charge is 2.37. The second-order valence-electron chi connectivity index (χ2n) is 10.3. The number of thiophene rings is 1. The van der Waals surface area contributed by atoms with Crippen molar-refractivity contribution in [2.75, 3.05) is 31.2 Å². The van der Waals surface area contributed by atoms with E-state index in [1.165, 1.54) is 11.3 Å². The third kappa shape index (κ3) is 5.98. The topological polar surface area (TPSA) is 87.2 Å². The molecule has 1 saturated heterocycles. The summed E-state index contributed by atoms with van der Waals surface area (Å²) < 4.78 is 5.40. The minimum atomic E-state index is -1.35. The van der Waals surface area contributed by atoms with Crippen LogP contribution in [0.2, 0.25) is 0 Å². The molecule has 5 rings (SSSR count). The Morgan fingerprint density at radius 3 is 2.33 bits per heavy atom. The van der Waals surface area contributed by atoms with Crippen LogP contribution in [0, 0.1) is 12.8 Å². The van der Waals surface area contributed by atoms with Gasteiger partial charge in [0.1, 0.15) is 11.1 Å². The molecule has 1 aliphatic heterocycles. The Morgan fingerprint density at radius 1 is 1.03 bits per heavy atom. The van der Waals surface area contributed by atoms with E-state index in [0.717, 1.165) is 16.0 Å². The Labute approximate surface area is 233 Å². The standard InChI is InChI=1S/C31H34N2O5S/c1-21-7-9-24(10-8-21)30(37)33(25-13-11-23(12-14-25)29(36)32-15-17-38-18-16-32)31-26(27(35)20-34)19-28(39-31)22-5-3-2-4-6-22/h2-10,19-20,23,25,27,35H,11-18H2,1H3. The van der Waals surface area contributed by atoms with Crippen LogP contribution in [0.5, 0.6) is 0 Å². The van der Waals surface area contributed by atoms with Crippen molar-refractivity contribution in [2.45, 2.75) is 44.8 Å². The molecule has 8 heteroatoms. The first-order valence-electron chi connectivity index (χ1n) is 13.6. The molecule has 1 atom stereocenters. The van der Waals surface area contributed by atoms with Gasteiger partial charge in [0.2, 0.25) is 5.91 Å². The summed E-state index contributed by atoms with van der Waals surface area (Å²) in [7, 11) is 0. The Balaban J connectivity index is 1.48. The molecule has 1 unspecified atom stereocenters. The highest BCUT2D eigenvalue weighted by molar-refractivity contribution is 7.19. The number of aldehydes is 1. The van der Waals surface area contributed by atoms with Gasteiger partial charge in [0.25, 0.3) is 5.91 Å². The third-order valence-electron chi connectivity index (χ3n) is 7.72. The lowest BCUT2D eigenvalue weighted by Gasteiger charge is -2.38. The van der Waals surface area contributed by atoms with Gasteiger partial charge in [-0.05, 0) is 56.4 Å². The molecule has 204 valence electrons. The molecule has 1 saturated carbocycles. The van der Waals surface area contributed by atoms with Crippen LogP contribution in [-0.4, -0.2) is 60.5 Å². The lowest BCUT2D eigenvalue weighted by molar-refractivity contribution is -0.140. The van der Waals surface area contributed by atoms with Crippen LogP contribution in [0.1, 0.15) is 53.3 Å². The summed E-state index contributed by atoms with van der Waals surface area (Å²) in [6, 6.07) is 18.9. The number of benzene rings is 2. The zero-order chi connectivity index (χ0) is 27.4. The van der Waals surface area contributed by atoms with E-state index in [2.05, 4.69) is 0 Å². The summed E-state index contributed by atoms with van der Waals surface area (Å²) in [6.07, 6.45) is 1.84. The summed E-state index contributed by atoms with van der Waals surface area (Å²) in [4.78, 5) is 43.5. The summed E-state index contributed by atoms with van der Waals surface area (Å²) >= 11 is 1.41. The number of aliphatic hydroxyl groups is 1. The number of morpholine rings is 1. The molecule has 1 aliphatic carbocycles. The van der Waals surface area contributed by atoms with Crippen molar-refractivity contribution in [3.8, 4) is 10.4 Å². The largest absolute Gasteiger partial charge is 0.381 e. The molecule has 3 aromatic rings. The third-order valence-corrected chi connectivity index (χ3v) is 8.92. The monoisotopic (exact) mass is 546 g/mol. The highest BCUT2D eigenvalue weighted by Crippen LogP contribution is 2.44. The average molecular weight is 547 g/mol. The SMILES string of the molecule is Cc1ccc(C(=O)N(c2sc(-c3ccccc3)cc2C(O)C=O)C2CCC(C(=O)N3CCOCC3)CC2)cc1. The molecule has 1 aromatic heterocycles. The van der Waals surface area contributed by atoms with Crippen LogP contribution >= 0.6 is 11.3 Å². The van der Waals surface area contributed by atoms with Crippen molar-refractivity contribution < 1.29 is 24.2 Å². The molecule has 0 spiro atoms. The van der Waals surface area contributed by atoms with Gasteiger partial charge >= 0.3 is 0 Å². The molecule has 2 amide bonds. The lowest BCUT2D eigenvalue weighted by Crippen LogP contribution is -2.47. The fourth-order valence-corrected chi connectivity index (χ4v) is 6.77. The molecular formula is C31H34N2O5S. The van der Waals surface area contributed by atoms with Gasteiger partial charge < -0.3 is 19.5 Å². The number of ether oxygens (including phenoxy) is 1. The number of carbonyl (C=O) groups is 3. The van der Waals surface area contributed by atoms with E-state index in [0.29, 0.717) is 74.4 Å². The number of aryl methyl sites for hydroxylation is 1. The van der Waals surface area contributed by atoms with Gasteiger partial charge in [-0.1, -0.05) is 48.0 Å². The normalized spacial score (nSPS) is 20.3. The molecule has 0 bridgehead atoms. The average Bonchev–Trinajstić information content (AvgIpc) is 3.43. The van der Waals surface area contributed by atoms with Crippen LogP contribution in [0.15, 0.2) is 60.7 Å². The number of nitrogens with zero attached hydrogens (tertiary/aromatic N) is 2. The lowest BCUT2D eigenvalue weighted by atomic mass is 9.84. The van der Waals surface area contributed by atoms with E-state index >= 15 is 0 Å². The van der Waals surface area contributed by atoms with Gasteiger partial charge in [-0.2, -0.15) is 0 Å². The predicted octanol–water partition coefficient (Wildman–Crippen LogP) is 5.02. The summed E-state index contributed by atoms with van der Waals surface area (Å²) in [5.74, 6) is -0.0644. The van der Waals surface area contributed by atoms with E-state index in [-0.39, 0.29) is 23.8 Å². The molecule has 2 heterocycles. The number of hydrogen-bond donors (Lipinski definition) is 1. The maximum atomic E-state index is 14.1. The van der Waals surface area contributed by atoms with Crippen molar-refractivity contribution in [1.29, 1.82) is 0 Å². The number of hydrogen-bond acceptors (Lipinski definition) is 6. The van der Waals surface area contributed by atoms with Crippen LogP contribution in [0.4, 0.5) is 5.00 Å². The fourth-order valence-electron chi connectivity index (χ4n) is 5.50. The number of aliphatic hydroxyl groups excluding tert-OH is 1. The molecular weight excluding hydrogens is 512 g/mol. The van der Waals surface area contributed by atoms with Gasteiger partial charge in [-0.15, -0.1) is 11.3 Å². The van der Waals surface area contributed by atoms with Crippen LogP contribution < -0.4 is 4.90 Å². The van der Waals surface area contributed by atoms with Gasteiger partial charge in [-0.25, -0.2) is 0 Å². The first-order valence-corrected chi connectivity index (χ1v) is 14.4. The van der Waals surface area contributed by atoms with Gasteiger partial charge in [0, 0.05) is 41.1 Å². The van der Waals surface area contributed by atoms with Gasteiger partial charge in [-0.3, -0.25) is 14.5 Å². The zero-order valence-electron chi connectivity index (χ0n) is 22.1. The first-order chi connectivity index (χ1) is 19.0. The van der Waals surface area contributed by atoms with E-state index in [1.54, 1.807) is 4.90 Å². The Bertz CT molecular complexity index is 1290. The van der Waals surface area contributed by atoms with Crippen molar-refractivity contribution in [2.24, 2.45) is 5.92 Å². The fraction of sp³-hybridized carbons (Fsp3) is 0.387. The predicted molar refractivity (Wildman–Crippen MR) is 152 cm³/mol. The number of rotatable bonds is 7. The van der Waals surface area contributed by atoms with Gasteiger partial charge in [0.15, 0.2) is 6.29 Å². The summed E-state index contributed by atoms with van der Waals surface area (Å²) in [5, 5.41) is 11.3. The maximum absolute atomic E-state index is 14.1. The van der Waals surface area contributed by atoms with E-state index in [4.69, 9.17) is 4.74 Å². The number of amides is 2.